The first-order valence-electron chi connectivity index (χ1n) is 5.97. The Bertz CT molecular complexity index is 689. The number of thioether (sulfide) groups is 1. The van der Waals surface area contributed by atoms with Gasteiger partial charge in [0.1, 0.15) is 0 Å². The molecule has 2 rings (SSSR count). The van der Waals surface area contributed by atoms with Crippen molar-refractivity contribution in [3.8, 4) is 36.1 Å². The van der Waals surface area contributed by atoms with Crippen molar-refractivity contribution in [3.63, 3.8) is 0 Å². The Kier molecular flexibility index (Phi) is 5.06. The van der Waals surface area contributed by atoms with Crippen molar-refractivity contribution in [1.29, 1.82) is 0 Å². The van der Waals surface area contributed by atoms with Crippen molar-refractivity contribution in [2.45, 2.75) is 36.1 Å². The van der Waals surface area contributed by atoms with Crippen LogP contribution in [-0.4, -0.2) is 36.4 Å². The highest BCUT2D eigenvalue weighted by Gasteiger charge is 2.24. The lowest BCUT2D eigenvalue weighted by atomic mass is 9.98. The van der Waals surface area contributed by atoms with Crippen LogP contribution in [0.25, 0.3) is 0 Å². The van der Waals surface area contributed by atoms with E-state index in [0.717, 1.165) is 31.4 Å². The monoisotopic (exact) mass is 301 g/mol. The fraction of sp³-hybridized carbons (Fsp3) is 0.385. The van der Waals surface area contributed by atoms with Crippen molar-refractivity contribution in [1.82, 2.24) is 20.2 Å². The summed E-state index contributed by atoms with van der Waals surface area (Å²) in [7, 11) is 0. The highest BCUT2D eigenvalue weighted by molar-refractivity contribution is 8.00. The molecule has 1 N–H and O–H groups in total. The normalized spacial score (nSPS) is 19.4. The topological polar surface area (TPSA) is 76.2 Å². The number of hydrogen-bond donors (Lipinski definition) is 1. The summed E-state index contributed by atoms with van der Waals surface area (Å²) in [5.41, 5.74) is 0.774. The molecule has 6 nitrogen and oxygen atoms in total. The second-order valence-electron chi connectivity index (χ2n) is 3.95. The molecule has 0 aliphatic heterocycles. The van der Waals surface area contributed by atoms with Crippen molar-refractivity contribution in [2.75, 3.05) is 0 Å². The molecule has 1 aliphatic rings. The third-order valence-corrected chi connectivity index (χ3v) is 3.95. The van der Waals surface area contributed by atoms with E-state index < -0.39 is 0 Å². The van der Waals surface area contributed by atoms with Gasteiger partial charge in [0, 0.05) is 23.3 Å². The zero-order valence-electron chi connectivity index (χ0n) is 10.6. The minimum atomic E-state index is 0. The lowest BCUT2D eigenvalue weighted by Crippen LogP contribution is -2.22. The molecule has 1 fully saturated rings. The first-order chi connectivity index (χ1) is 9.85. The van der Waals surface area contributed by atoms with E-state index in [-0.39, 0.29) is 16.7 Å². The number of oxime groups is 1. The van der Waals surface area contributed by atoms with Crippen LogP contribution in [0.2, 0.25) is 0 Å². The lowest BCUT2D eigenvalue weighted by molar-refractivity contribution is 0.314. The quantitative estimate of drug-likeness (QED) is 0.516. The zero-order valence-corrected chi connectivity index (χ0v) is 11.4. The zero-order chi connectivity index (χ0) is 14.2. The van der Waals surface area contributed by atoms with Gasteiger partial charge >= 0.3 is 0 Å². The molecule has 0 saturated heterocycles. The van der Waals surface area contributed by atoms with Crippen molar-refractivity contribution in [3.05, 3.63) is 0 Å². The van der Waals surface area contributed by atoms with Crippen LogP contribution in [0.15, 0.2) is 10.3 Å². The molecule has 1 aromatic heterocycles. The molecule has 1 unspecified atom stereocenters. The van der Waals surface area contributed by atoms with Crippen molar-refractivity contribution >= 4 is 17.5 Å². The Balaban J connectivity index is -0.000000110. The maximum Gasteiger partial charge on any atom is 0.223 e. The SMILES string of the molecule is C#CC#CC#Cn1nnnc1SC1CCCC/C1=N\O.[HH].[HH].[HH].[HH].[HH].[HH].[HH].[HH]. The van der Waals surface area contributed by atoms with E-state index in [1.807, 2.05) is 0 Å². The summed E-state index contributed by atoms with van der Waals surface area (Å²) >= 11 is 1.44. The van der Waals surface area contributed by atoms with Gasteiger partial charge in [-0.1, -0.05) is 23.3 Å². The molecular weight excluding hydrogens is 274 g/mol. The van der Waals surface area contributed by atoms with Gasteiger partial charge in [-0.25, -0.2) is 0 Å². The van der Waals surface area contributed by atoms with Crippen LogP contribution in [-0.2, 0) is 0 Å². The number of terminal acetylenes is 1. The number of nitrogens with zero attached hydrogens (tertiary/aromatic N) is 5. The standard InChI is InChI=1S/C13H11N5OS.8H2/c1-2-3-4-7-10-18-13(14-16-17-18)20-12-9-6-5-8-11(12)15-19;;;;;;;;/h1,12,19H,5-6,8-9H2;8*1H/b15-11+;;;;;;;;. The summed E-state index contributed by atoms with van der Waals surface area (Å²) in [6.07, 6.45) is 8.86. The van der Waals surface area contributed by atoms with Gasteiger partial charge in [0.15, 0.2) is 0 Å². The predicted molar refractivity (Wildman–Crippen MR) is 91.8 cm³/mol. The summed E-state index contributed by atoms with van der Waals surface area (Å²) in [6.45, 7) is 0. The van der Waals surface area contributed by atoms with Crippen molar-refractivity contribution < 1.29 is 16.6 Å². The third kappa shape index (κ3) is 3.54. The largest absolute Gasteiger partial charge is 0.411 e. The fourth-order valence-electron chi connectivity index (χ4n) is 1.80. The van der Waals surface area contributed by atoms with Crippen LogP contribution in [0.5, 0.6) is 0 Å². The average molecular weight is 301 g/mol. The molecule has 1 aliphatic carbocycles. The Labute approximate surface area is 132 Å². The molecular formula is C13H27N5OS. The maximum absolute atomic E-state index is 9.01. The smallest absolute Gasteiger partial charge is 0.223 e. The summed E-state index contributed by atoms with van der Waals surface area (Å²) in [6, 6.07) is 2.69. The Hall–Kier alpha value is -2.43. The van der Waals surface area contributed by atoms with Gasteiger partial charge in [-0.15, -0.1) is 16.2 Å². The van der Waals surface area contributed by atoms with Crippen LogP contribution in [0.3, 0.4) is 0 Å². The minimum absolute atomic E-state index is 0. The molecule has 20 heavy (non-hydrogen) atoms. The first kappa shape index (κ1) is 14.0. The van der Waals surface area contributed by atoms with Crippen LogP contribution in [0.4, 0.5) is 0 Å². The molecule has 0 amide bonds. The number of tetrazole rings is 1. The Morgan fingerprint density at radius 2 is 2.30 bits per heavy atom. The van der Waals surface area contributed by atoms with Crippen molar-refractivity contribution in [2.24, 2.45) is 5.16 Å². The van der Waals surface area contributed by atoms with E-state index in [4.69, 9.17) is 11.6 Å². The molecule has 0 radical (unpaired) electrons. The fourth-order valence-corrected chi connectivity index (χ4v) is 2.91. The number of rotatable bonds is 2. The van der Waals surface area contributed by atoms with E-state index in [9.17, 15) is 0 Å². The summed E-state index contributed by atoms with van der Waals surface area (Å²) in [4.78, 5) is 0. The summed E-state index contributed by atoms with van der Waals surface area (Å²) < 4.78 is 1.35. The molecule has 1 aromatic rings. The van der Waals surface area contributed by atoms with E-state index >= 15 is 0 Å². The van der Waals surface area contributed by atoms with Crippen LogP contribution in [0, 0.1) is 36.1 Å². The van der Waals surface area contributed by atoms with Gasteiger partial charge in [0.2, 0.25) is 5.16 Å². The summed E-state index contributed by atoms with van der Waals surface area (Å²) in [5, 5.41) is 24.3. The number of hydrogen-bond acceptors (Lipinski definition) is 6. The molecule has 0 aromatic carbocycles. The van der Waals surface area contributed by atoms with E-state index in [2.05, 4.69) is 50.4 Å². The lowest BCUT2D eigenvalue weighted by Gasteiger charge is -2.20. The van der Waals surface area contributed by atoms with Crippen LogP contribution < -0.4 is 0 Å². The van der Waals surface area contributed by atoms with Gasteiger partial charge in [-0.2, -0.15) is 0 Å². The first-order valence-corrected chi connectivity index (χ1v) is 6.85. The minimum Gasteiger partial charge on any atom is -0.411 e. The second-order valence-corrected chi connectivity index (χ2v) is 5.12. The highest BCUT2D eigenvalue weighted by atomic mass is 32.2. The average Bonchev–Trinajstić information content (AvgIpc) is 2.91. The maximum atomic E-state index is 9.01. The van der Waals surface area contributed by atoms with Gasteiger partial charge in [-0.3, -0.25) is 0 Å². The van der Waals surface area contributed by atoms with Crippen LogP contribution in [0.1, 0.15) is 37.1 Å². The number of aromatic nitrogens is 4. The highest BCUT2D eigenvalue weighted by Crippen LogP contribution is 2.30. The van der Waals surface area contributed by atoms with Gasteiger partial charge in [-0.05, 0) is 41.5 Å². The van der Waals surface area contributed by atoms with Gasteiger partial charge in [0.25, 0.3) is 0 Å². The van der Waals surface area contributed by atoms with Gasteiger partial charge in [0.05, 0.1) is 17.0 Å². The molecule has 0 spiro atoms. The van der Waals surface area contributed by atoms with E-state index in [1.54, 1.807) is 0 Å². The molecule has 0 bridgehead atoms. The van der Waals surface area contributed by atoms with E-state index in [0.29, 0.717) is 5.16 Å². The van der Waals surface area contributed by atoms with Gasteiger partial charge < -0.3 is 5.21 Å². The Morgan fingerprint density at radius 1 is 1.40 bits per heavy atom. The molecule has 7 heteroatoms. The predicted octanol–water partition coefficient (Wildman–Crippen LogP) is 2.95. The van der Waals surface area contributed by atoms with Crippen LogP contribution >= 0.6 is 11.8 Å². The molecule has 1 saturated carbocycles. The third-order valence-electron chi connectivity index (χ3n) is 2.70. The second kappa shape index (κ2) is 7.23. The summed E-state index contributed by atoms with van der Waals surface area (Å²) in [5.74, 6) is 9.61. The van der Waals surface area contributed by atoms with E-state index in [1.165, 1.54) is 16.4 Å². The molecule has 116 valence electrons. The molecule has 1 heterocycles. The Morgan fingerprint density at radius 3 is 3.10 bits per heavy atom. The molecule has 1 atom stereocenters.